The van der Waals surface area contributed by atoms with Gasteiger partial charge in [0.25, 0.3) is 0 Å². The number of ether oxygens (including phenoxy) is 1. The van der Waals surface area contributed by atoms with E-state index in [-0.39, 0.29) is 19.1 Å². The van der Waals surface area contributed by atoms with Crippen LogP contribution in [-0.4, -0.2) is 39.5 Å². The Morgan fingerprint density at radius 3 is 2.08 bits per heavy atom. The van der Waals surface area contributed by atoms with Crippen LogP contribution in [0.4, 0.5) is 45.3 Å². The summed E-state index contributed by atoms with van der Waals surface area (Å²) in [6, 6.07) is 0.919. The number of halogens is 11. The molecular weight excluding hydrogens is 556 g/mol. The molecule has 0 saturated carbocycles. The van der Waals surface area contributed by atoms with Crippen molar-refractivity contribution in [2.45, 2.75) is 24.9 Å². The third-order valence-corrected chi connectivity index (χ3v) is 5.77. The molecule has 0 aliphatic carbocycles. The highest BCUT2D eigenvalue weighted by molar-refractivity contribution is 6.38. The fourth-order valence-electron chi connectivity index (χ4n) is 3.56. The van der Waals surface area contributed by atoms with Gasteiger partial charge in [-0.1, -0.05) is 23.2 Å². The molecule has 196 valence electrons. The van der Waals surface area contributed by atoms with Gasteiger partial charge < -0.3 is 10.1 Å². The molecule has 0 spiro atoms. The lowest BCUT2D eigenvalue weighted by Crippen LogP contribution is -2.19. The van der Waals surface area contributed by atoms with Crippen molar-refractivity contribution < 1.29 is 44.3 Å². The molecule has 36 heavy (non-hydrogen) atoms. The molecule has 3 aromatic rings. The van der Waals surface area contributed by atoms with Crippen LogP contribution in [0, 0.1) is 5.92 Å². The fraction of sp³-hybridized carbons (Fsp3) is 0.421. The molecule has 1 saturated heterocycles. The van der Waals surface area contributed by atoms with Crippen molar-refractivity contribution in [2.75, 3.05) is 25.1 Å². The number of alkyl halides is 9. The van der Waals surface area contributed by atoms with Crippen LogP contribution in [0.15, 0.2) is 12.1 Å². The summed E-state index contributed by atoms with van der Waals surface area (Å²) in [5, 5.41) is 4.09. The van der Waals surface area contributed by atoms with Crippen molar-refractivity contribution >= 4 is 40.1 Å². The molecular formula is C19H12Cl2F9N5O. The van der Waals surface area contributed by atoms with E-state index in [4.69, 9.17) is 27.9 Å². The van der Waals surface area contributed by atoms with Gasteiger partial charge in [0.2, 0.25) is 5.82 Å². The van der Waals surface area contributed by atoms with E-state index < -0.39 is 68.2 Å². The molecule has 1 unspecified atom stereocenters. The maximum Gasteiger partial charge on any atom is 0.451 e. The Bertz CT molecular complexity index is 1270. The van der Waals surface area contributed by atoms with Gasteiger partial charge in [0.15, 0.2) is 11.3 Å². The smallest absolute Gasteiger partial charge is 0.381 e. The summed E-state index contributed by atoms with van der Waals surface area (Å²) in [5.74, 6) is -2.85. The van der Waals surface area contributed by atoms with Crippen LogP contribution in [-0.2, 0) is 23.3 Å². The number of anilines is 1. The molecule has 1 N–H and O–H groups in total. The lowest BCUT2D eigenvalue weighted by Gasteiger charge is -2.17. The first-order valence-electron chi connectivity index (χ1n) is 9.90. The molecule has 4 rings (SSSR count). The second-order valence-electron chi connectivity index (χ2n) is 7.75. The summed E-state index contributed by atoms with van der Waals surface area (Å²) < 4.78 is 127. The summed E-state index contributed by atoms with van der Waals surface area (Å²) in [6.07, 6.45) is -15.1. The minimum absolute atomic E-state index is 0.0189. The zero-order chi connectivity index (χ0) is 26.6. The molecule has 1 aromatic carbocycles. The molecule has 6 nitrogen and oxygen atoms in total. The molecule has 1 aliphatic heterocycles. The monoisotopic (exact) mass is 567 g/mol. The van der Waals surface area contributed by atoms with Gasteiger partial charge >= 0.3 is 18.5 Å². The maximum absolute atomic E-state index is 13.8. The molecule has 17 heteroatoms. The maximum atomic E-state index is 13.8. The number of benzene rings is 1. The molecule has 0 amide bonds. The van der Waals surface area contributed by atoms with Gasteiger partial charge in [0, 0.05) is 19.1 Å². The van der Waals surface area contributed by atoms with Gasteiger partial charge in [-0.2, -0.15) is 39.5 Å². The second kappa shape index (κ2) is 9.10. The summed E-state index contributed by atoms with van der Waals surface area (Å²) in [4.78, 5) is 5.81. The quantitative estimate of drug-likeness (QED) is 0.359. The van der Waals surface area contributed by atoms with E-state index >= 15 is 0 Å². The first kappa shape index (κ1) is 26.5. The predicted octanol–water partition coefficient (Wildman–Crippen LogP) is 6.63. The van der Waals surface area contributed by atoms with Gasteiger partial charge in [-0.3, -0.25) is 0 Å². The predicted molar refractivity (Wildman–Crippen MR) is 109 cm³/mol. The Kier molecular flexibility index (Phi) is 6.71. The normalized spacial score (nSPS) is 17.2. The lowest BCUT2D eigenvalue weighted by molar-refractivity contribution is -0.151. The standard InChI is InChI=1S/C19H12Cl2F9N5O/c20-9-3-8(17(22,23)24)4-10(21)12(9)35-15(31-5-7-1-2-36-6-7)11-13(18(25,26)27)32-16(19(28,29)30)33-14(11)34-35/h3-4,7,31H,1-2,5-6H2. The largest absolute Gasteiger partial charge is 0.451 e. The number of fused-ring (bicyclic) bond motifs is 1. The molecule has 1 fully saturated rings. The Balaban J connectivity index is 2.00. The summed E-state index contributed by atoms with van der Waals surface area (Å²) in [7, 11) is 0. The van der Waals surface area contributed by atoms with E-state index in [1.54, 1.807) is 0 Å². The van der Waals surface area contributed by atoms with Crippen molar-refractivity contribution in [3.05, 3.63) is 39.3 Å². The van der Waals surface area contributed by atoms with Crippen LogP contribution < -0.4 is 5.32 Å². The van der Waals surface area contributed by atoms with Crippen molar-refractivity contribution in [1.82, 2.24) is 19.7 Å². The van der Waals surface area contributed by atoms with Crippen molar-refractivity contribution in [3.63, 3.8) is 0 Å². The van der Waals surface area contributed by atoms with Gasteiger partial charge in [-0.15, -0.1) is 5.10 Å². The second-order valence-corrected chi connectivity index (χ2v) is 8.56. The molecule has 2 aromatic heterocycles. The van der Waals surface area contributed by atoms with Crippen LogP contribution in [0.2, 0.25) is 10.0 Å². The average molecular weight is 568 g/mol. The van der Waals surface area contributed by atoms with Crippen molar-refractivity contribution in [3.8, 4) is 5.69 Å². The van der Waals surface area contributed by atoms with E-state index in [2.05, 4.69) is 20.4 Å². The Labute approximate surface area is 205 Å². The Morgan fingerprint density at radius 1 is 0.944 bits per heavy atom. The van der Waals surface area contributed by atoms with E-state index in [1.807, 2.05) is 0 Å². The lowest BCUT2D eigenvalue weighted by atomic mass is 10.1. The van der Waals surface area contributed by atoms with E-state index in [9.17, 15) is 39.5 Å². The number of nitrogens with one attached hydrogen (secondary N) is 1. The number of aromatic nitrogens is 4. The minimum atomic E-state index is -5.38. The van der Waals surface area contributed by atoms with E-state index in [0.29, 0.717) is 29.8 Å². The summed E-state index contributed by atoms with van der Waals surface area (Å²) in [5.41, 5.74) is -4.74. The first-order chi connectivity index (χ1) is 16.6. The van der Waals surface area contributed by atoms with Crippen molar-refractivity contribution in [2.24, 2.45) is 5.92 Å². The van der Waals surface area contributed by atoms with Crippen LogP contribution >= 0.6 is 23.2 Å². The molecule has 0 bridgehead atoms. The van der Waals surface area contributed by atoms with Gasteiger partial charge in [-0.25, -0.2) is 14.6 Å². The average Bonchev–Trinajstić information content (AvgIpc) is 3.36. The van der Waals surface area contributed by atoms with Gasteiger partial charge in [-0.05, 0) is 18.6 Å². The zero-order valence-electron chi connectivity index (χ0n) is 17.4. The Morgan fingerprint density at radius 2 is 1.58 bits per heavy atom. The minimum Gasteiger partial charge on any atom is -0.381 e. The number of rotatable bonds is 4. The molecule has 0 radical (unpaired) electrons. The number of hydrogen-bond acceptors (Lipinski definition) is 5. The number of nitrogens with zero attached hydrogens (tertiary/aromatic N) is 4. The highest BCUT2D eigenvalue weighted by atomic mass is 35.5. The molecule has 3 heterocycles. The number of hydrogen-bond donors (Lipinski definition) is 1. The first-order valence-corrected chi connectivity index (χ1v) is 10.7. The van der Waals surface area contributed by atoms with Crippen LogP contribution in [0.5, 0.6) is 0 Å². The topological polar surface area (TPSA) is 64.9 Å². The highest BCUT2D eigenvalue weighted by Crippen LogP contribution is 2.43. The van der Waals surface area contributed by atoms with Crippen LogP contribution in [0.1, 0.15) is 23.5 Å². The van der Waals surface area contributed by atoms with Crippen molar-refractivity contribution in [1.29, 1.82) is 0 Å². The summed E-state index contributed by atoms with van der Waals surface area (Å²) >= 11 is 12.0. The third kappa shape index (κ3) is 5.13. The third-order valence-electron chi connectivity index (χ3n) is 5.19. The zero-order valence-corrected chi connectivity index (χ0v) is 18.9. The van der Waals surface area contributed by atoms with E-state index in [0.717, 1.165) is 0 Å². The van der Waals surface area contributed by atoms with E-state index in [1.165, 1.54) is 0 Å². The fourth-order valence-corrected chi connectivity index (χ4v) is 4.21. The molecule has 1 aliphatic rings. The SMILES string of the molecule is FC(F)(F)c1cc(Cl)c(-n2nc3nc(C(F)(F)F)nc(C(F)(F)F)c3c2NCC2CCOC2)c(Cl)c1. The van der Waals surface area contributed by atoms with Crippen LogP contribution in [0.25, 0.3) is 16.7 Å². The van der Waals surface area contributed by atoms with Crippen LogP contribution in [0.3, 0.4) is 0 Å². The van der Waals surface area contributed by atoms with Gasteiger partial charge in [0.1, 0.15) is 11.5 Å². The Hall–Kier alpha value is -2.52. The molecule has 1 atom stereocenters. The summed E-state index contributed by atoms with van der Waals surface area (Å²) in [6.45, 7) is 0.617. The highest BCUT2D eigenvalue weighted by Gasteiger charge is 2.43. The van der Waals surface area contributed by atoms with Gasteiger partial charge in [0.05, 0.1) is 27.6 Å².